The lowest BCUT2D eigenvalue weighted by molar-refractivity contribution is 0.0939. The highest BCUT2D eigenvalue weighted by atomic mass is 16.1. The number of nitrogens with two attached hydrogens (primary N) is 1. The number of pyridine rings is 2. The number of hydrogen-bond acceptors (Lipinski definition) is 5. The van der Waals surface area contributed by atoms with Gasteiger partial charge in [-0.25, -0.2) is 10.8 Å². The number of amides is 1. The minimum absolute atomic E-state index is 0.175. The molecule has 21 heavy (non-hydrogen) atoms. The number of carbonyl (C=O) groups is 1. The molecule has 2 aromatic rings. The zero-order valence-electron chi connectivity index (χ0n) is 12.1. The molecule has 0 aromatic carbocycles. The van der Waals surface area contributed by atoms with E-state index in [0.29, 0.717) is 11.4 Å². The van der Waals surface area contributed by atoms with Gasteiger partial charge >= 0.3 is 0 Å². The smallest absolute Gasteiger partial charge is 0.252 e. The number of aromatic nitrogens is 2. The van der Waals surface area contributed by atoms with Crippen LogP contribution in [0.2, 0.25) is 0 Å². The van der Waals surface area contributed by atoms with Gasteiger partial charge < -0.3 is 10.7 Å². The predicted octanol–water partition coefficient (Wildman–Crippen LogP) is 1.82. The minimum atomic E-state index is -0.179. The Labute approximate surface area is 123 Å². The van der Waals surface area contributed by atoms with E-state index in [1.807, 2.05) is 32.0 Å². The number of hydrogen-bond donors (Lipinski definition) is 3. The molecule has 4 N–H and O–H groups in total. The maximum absolute atomic E-state index is 12.3. The van der Waals surface area contributed by atoms with Crippen molar-refractivity contribution in [3.8, 4) is 0 Å². The topological polar surface area (TPSA) is 92.9 Å². The van der Waals surface area contributed by atoms with Crippen LogP contribution in [0.5, 0.6) is 0 Å². The van der Waals surface area contributed by atoms with E-state index in [4.69, 9.17) is 5.84 Å². The molecule has 2 rings (SSSR count). The lowest BCUT2D eigenvalue weighted by Gasteiger charge is -2.14. The summed E-state index contributed by atoms with van der Waals surface area (Å²) < 4.78 is 0. The van der Waals surface area contributed by atoms with Gasteiger partial charge in [0.1, 0.15) is 5.82 Å². The van der Waals surface area contributed by atoms with Crippen molar-refractivity contribution >= 4 is 11.7 Å². The van der Waals surface area contributed by atoms with Crippen LogP contribution in [0.25, 0.3) is 0 Å². The summed E-state index contributed by atoms with van der Waals surface area (Å²) >= 11 is 0. The SMILES string of the molecule is CCc1cc(C(=O)NC(C)c2ccccn2)cc(NN)n1. The first-order valence-corrected chi connectivity index (χ1v) is 6.83. The van der Waals surface area contributed by atoms with Gasteiger partial charge in [-0.05, 0) is 37.6 Å². The van der Waals surface area contributed by atoms with Crippen molar-refractivity contribution in [2.24, 2.45) is 5.84 Å². The summed E-state index contributed by atoms with van der Waals surface area (Å²) in [6, 6.07) is 8.82. The van der Waals surface area contributed by atoms with E-state index in [1.54, 1.807) is 18.3 Å². The van der Waals surface area contributed by atoms with E-state index in [0.717, 1.165) is 17.8 Å². The zero-order chi connectivity index (χ0) is 15.2. The predicted molar refractivity (Wildman–Crippen MR) is 81.5 cm³/mol. The van der Waals surface area contributed by atoms with Crippen molar-refractivity contribution in [1.82, 2.24) is 15.3 Å². The maximum atomic E-state index is 12.3. The number of anilines is 1. The first-order valence-electron chi connectivity index (χ1n) is 6.83. The molecule has 6 heteroatoms. The molecule has 0 fully saturated rings. The molecule has 6 nitrogen and oxygen atoms in total. The highest BCUT2D eigenvalue weighted by Gasteiger charge is 2.14. The van der Waals surface area contributed by atoms with Gasteiger partial charge in [-0.2, -0.15) is 0 Å². The number of nitrogens with zero attached hydrogens (tertiary/aromatic N) is 2. The molecule has 0 aliphatic carbocycles. The fourth-order valence-electron chi connectivity index (χ4n) is 1.96. The fourth-order valence-corrected chi connectivity index (χ4v) is 1.96. The second-order valence-corrected chi connectivity index (χ2v) is 4.68. The normalized spacial score (nSPS) is 11.8. The molecule has 0 aliphatic rings. The van der Waals surface area contributed by atoms with Crippen LogP contribution in [0.3, 0.4) is 0 Å². The van der Waals surface area contributed by atoms with E-state index in [2.05, 4.69) is 20.7 Å². The van der Waals surface area contributed by atoms with Gasteiger partial charge in [-0.3, -0.25) is 9.78 Å². The van der Waals surface area contributed by atoms with E-state index in [9.17, 15) is 4.79 Å². The number of carbonyl (C=O) groups excluding carboxylic acids is 1. The molecule has 1 atom stereocenters. The lowest BCUT2D eigenvalue weighted by Crippen LogP contribution is -2.27. The molecule has 110 valence electrons. The number of rotatable bonds is 5. The lowest BCUT2D eigenvalue weighted by atomic mass is 10.1. The summed E-state index contributed by atoms with van der Waals surface area (Å²) in [6.45, 7) is 3.87. The van der Waals surface area contributed by atoms with Crippen molar-refractivity contribution in [3.05, 3.63) is 53.5 Å². The van der Waals surface area contributed by atoms with Crippen LogP contribution < -0.4 is 16.6 Å². The summed E-state index contributed by atoms with van der Waals surface area (Å²) in [5, 5.41) is 2.92. The quantitative estimate of drug-likeness (QED) is 0.575. The molecular formula is C15H19N5O. The summed E-state index contributed by atoms with van der Waals surface area (Å²) in [4.78, 5) is 20.8. The fraction of sp³-hybridized carbons (Fsp3) is 0.267. The zero-order valence-corrected chi connectivity index (χ0v) is 12.1. The van der Waals surface area contributed by atoms with Gasteiger partial charge in [0.15, 0.2) is 0 Å². The molecular weight excluding hydrogens is 266 g/mol. The van der Waals surface area contributed by atoms with Gasteiger partial charge in [-0.15, -0.1) is 0 Å². The third-order valence-corrected chi connectivity index (χ3v) is 3.13. The summed E-state index contributed by atoms with van der Waals surface area (Å²) in [5.74, 6) is 5.68. The number of nitrogen functional groups attached to an aromatic ring is 1. The van der Waals surface area contributed by atoms with Gasteiger partial charge in [0.05, 0.1) is 11.7 Å². The molecule has 2 heterocycles. The van der Waals surface area contributed by atoms with Gasteiger partial charge in [0.25, 0.3) is 5.91 Å². The molecule has 0 radical (unpaired) electrons. The molecule has 1 unspecified atom stereocenters. The number of nitrogens with one attached hydrogen (secondary N) is 2. The standard InChI is InChI=1S/C15H19N5O/c1-3-12-8-11(9-14(19-12)20-16)15(21)18-10(2)13-6-4-5-7-17-13/h4-10H,3,16H2,1-2H3,(H,18,21)(H,19,20). The maximum Gasteiger partial charge on any atom is 0.252 e. The third-order valence-electron chi connectivity index (χ3n) is 3.13. The molecule has 0 spiro atoms. The Balaban J connectivity index is 2.16. The first-order chi connectivity index (χ1) is 10.1. The minimum Gasteiger partial charge on any atom is -0.344 e. The molecule has 0 saturated heterocycles. The Kier molecular flexibility index (Phi) is 4.84. The summed E-state index contributed by atoms with van der Waals surface area (Å²) in [6.07, 6.45) is 2.43. The second-order valence-electron chi connectivity index (χ2n) is 4.68. The molecule has 0 bridgehead atoms. The van der Waals surface area contributed by atoms with Crippen LogP contribution in [-0.2, 0) is 6.42 Å². The average molecular weight is 285 g/mol. The highest BCUT2D eigenvalue weighted by molar-refractivity contribution is 5.95. The molecule has 2 aromatic heterocycles. The largest absolute Gasteiger partial charge is 0.344 e. The molecule has 1 amide bonds. The van der Waals surface area contributed by atoms with E-state index < -0.39 is 0 Å². The van der Waals surface area contributed by atoms with Gasteiger partial charge in [0.2, 0.25) is 0 Å². The van der Waals surface area contributed by atoms with Crippen LogP contribution in [0, 0.1) is 0 Å². The first kappa shape index (κ1) is 14.9. The van der Waals surface area contributed by atoms with Gasteiger partial charge in [0, 0.05) is 17.5 Å². The molecule has 0 aliphatic heterocycles. The van der Waals surface area contributed by atoms with Crippen molar-refractivity contribution in [1.29, 1.82) is 0 Å². The van der Waals surface area contributed by atoms with Crippen molar-refractivity contribution in [3.63, 3.8) is 0 Å². The van der Waals surface area contributed by atoms with Crippen LogP contribution in [0.15, 0.2) is 36.5 Å². The Morgan fingerprint density at radius 3 is 2.81 bits per heavy atom. The number of aryl methyl sites for hydroxylation is 1. The monoisotopic (exact) mass is 285 g/mol. The van der Waals surface area contributed by atoms with Crippen LogP contribution in [-0.4, -0.2) is 15.9 Å². The van der Waals surface area contributed by atoms with Crippen LogP contribution in [0.4, 0.5) is 5.82 Å². The summed E-state index contributed by atoms with van der Waals surface area (Å²) in [7, 11) is 0. The third kappa shape index (κ3) is 3.76. The Bertz CT molecular complexity index is 592. The number of hydrazine groups is 1. The Morgan fingerprint density at radius 1 is 1.38 bits per heavy atom. The van der Waals surface area contributed by atoms with E-state index >= 15 is 0 Å². The van der Waals surface area contributed by atoms with Crippen molar-refractivity contribution in [2.75, 3.05) is 5.43 Å². The Morgan fingerprint density at radius 2 is 2.19 bits per heavy atom. The highest BCUT2D eigenvalue weighted by Crippen LogP contribution is 2.13. The Hall–Kier alpha value is -2.47. The van der Waals surface area contributed by atoms with E-state index in [-0.39, 0.29) is 11.9 Å². The van der Waals surface area contributed by atoms with Crippen molar-refractivity contribution < 1.29 is 4.79 Å². The summed E-state index contributed by atoms with van der Waals surface area (Å²) in [5.41, 5.74) is 4.62. The van der Waals surface area contributed by atoms with E-state index in [1.165, 1.54) is 0 Å². The van der Waals surface area contributed by atoms with Crippen LogP contribution in [0.1, 0.15) is 41.6 Å². The van der Waals surface area contributed by atoms with Gasteiger partial charge in [-0.1, -0.05) is 13.0 Å². The van der Waals surface area contributed by atoms with Crippen molar-refractivity contribution in [2.45, 2.75) is 26.3 Å². The second kappa shape index (κ2) is 6.81. The molecule has 0 saturated carbocycles. The average Bonchev–Trinajstić information content (AvgIpc) is 2.54. The van der Waals surface area contributed by atoms with Crippen LogP contribution >= 0.6 is 0 Å².